The fraction of sp³-hybridized carbons (Fsp3) is 0.912. The minimum Gasteiger partial charge on any atom is -0.481 e. The summed E-state index contributed by atoms with van der Waals surface area (Å²) in [5.74, 6) is -4.53. The first-order valence-corrected chi connectivity index (χ1v) is 47.9. The van der Waals surface area contributed by atoms with Crippen LogP contribution in [0.15, 0.2) is 0 Å². The molecule has 18 unspecified atom stereocenters. The van der Waals surface area contributed by atoms with E-state index in [0.717, 1.165) is 51.9 Å². The van der Waals surface area contributed by atoms with Crippen LogP contribution in [0, 0.1) is 59.3 Å². The Hall–Kier alpha value is -2.56. The van der Waals surface area contributed by atoms with E-state index in [2.05, 4.69) is 10.6 Å². The van der Waals surface area contributed by atoms with Crippen LogP contribution in [0.2, 0.25) is 0 Å². The molecule has 33 N–H and O–H groups in total. The van der Waals surface area contributed by atoms with Crippen LogP contribution in [0.4, 0.5) is 0 Å². The van der Waals surface area contributed by atoms with Gasteiger partial charge < -0.3 is 257 Å². The van der Waals surface area contributed by atoms with Crippen LogP contribution in [-0.2, 0) is 129 Å². The fourth-order valence-electron chi connectivity index (χ4n) is 19.7. The summed E-state index contributed by atoms with van der Waals surface area (Å²) in [6.07, 6.45) is -28.4. The molecule has 0 radical (unpaired) electrons. The largest absolute Gasteiger partial charge is 2.00 e. The normalized spacial score (nSPS) is 42.6. The van der Waals surface area contributed by atoms with Crippen molar-refractivity contribution in [3.8, 4) is 0 Å². The first kappa shape index (κ1) is 134. The first-order chi connectivity index (χ1) is 64.8. The van der Waals surface area contributed by atoms with Crippen molar-refractivity contribution in [3.05, 3.63) is 29.7 Å². The zero-order valence-electron chi connectivity index (χ0n) is 82.2. The molecule has 0 aromatic heterocycles. The molecular weight excluding hydrogens is 1980 g/mol. The number of aliphatic hydroxyl groups excluding tert-OH is 22. The second-order valence-electron chi connectivity index (χ2n) is 37.9. The van der Waals surface area contributed by atoms with Gasteiger partial charge in [0.2, 0.25) is 11.8 Å². The molecule has 51 heteroatoms. The van der Waals surface area contributed by atoms with E-state index in [1.165, 1.54) is 104 Å². The molecule has 9 aliphatic heterocycles. The number of rotatable bonds is 33. The summed E-state index contributed by atoms with van der Waals surface area (Å²) in [6, 6.07) is -8.42. The maximum atomic E-state index is 13.8. The molecule has 4 saturated carbocycles. The van der Waals surface area contributed by atoms with E-state index in [-0.39, 0.29) is 82.5 Å². The molecule has 4 aliphatic carbocycles. The average molecular weight is 2150 g/mol. The van der Waals surface area contributed by atoms with Gasteiger partial charge in [-0.25, -0.2) is 0 Å². The molecule has 45 atom stereocenters. The van der Waals surface area contributed by atoms with Gasteiger partial charge in [-0.1, -0.05) is 129 Å². The molecule has 13 rings (SSSR count). The third-order valence-corrected chi connectivity index (χ3v) is 28.0. The molecule has 9 heterocycles. The van der Waals surface area contributed by atoms with Crippen molar-refractivity contribution in [3.63, 3.8) is 0 Å². The number of aliphatic carboxylic acids is 1. The number of carbonyl (C=O) groups excluding carboxylic acids is 3. The number of amides is 2. The van der Waals surface area contributed by atoms with E-state index in [9.17, 15) is 132 Å². The summed E-state index contributed by atoms with van der Waals surface area (Å²) < 4.78 is 93.7. The van der Waals surface area contributed by atoms with Gasteiger partial charge in [-0.05, 0) is 24.7 Å². The molecule has 0 aromatic carbocycles. The number of ketones is 1. The van der Waals surface area contributed by atoms with Gasteiger partial charge in [0.1, 0.15) is 164 Å². The molecule has 0 spiro atoms. The second-order valence-corrected chi connectivity index (χ2v) is 37.9. The monoisotopic (exact) mass is 2140 g/mol. The van der Waals surface area contributed by atoms with Gasteiger partial charge in [0.15, 0.2) is 56.6 Å². The Morgan fingerprint density at radius 3 is 0.845 bits per heavy atom. The van der Waals surface area contributed by atoms with Gasteiger partial charge in [-0.15, -0.1) is 0 Å². The summed E-state index contributed by atoms with van der Waals surface area (Å²) in [6.45, 7) is -1.67. The summed E-state index contributed by atoms with van der Waals surface area (Å²) >= 11 is 0. The topological polar surface area (TPSA) is 809 Å². The zero-order chi connectivity index (χ0) is 99.8. The molecule has 142 heavy (non-hydrogen) atoms. The van der Waals surface area contributed by atoms with Crippen LogP contribution in [0.3, 0.4) is 0 Å². The Kier molecular flexibility index (Phi) is 61.2. The molecule has 13 aliphatic rings. The molecule has 9 saturated heterocycles. The Morgan fingerprint density at radius 2 is 0.542 bits per heavy atom. The van der Waals surface area contributed by atoms with Gasteiger partial charge in [0.05, 0.1) is 102 Å². The molecule has 13 fully saturated rings. The van der Waals surface area contributed by atoms with Gasteiger partial charge in [-0.2, -0.15) is 0 Å². The van der Waals surface area contributed by atoms with Crippen molar-refractivity contribution in [2.24, 2.45) is 52.5 Å². The van der Waals surface area contributed by atoms with Crippen LogP contribution in [0.5, 0.6) is 0 Å². The van der Waals surface area contributed by atoms with Crippen LogP contribution in [0.1, 0.15) is 175 Å². The van der Waals surface area contributed by atoms with Gasteiger partial charge in [0, 0.05) is 50.9 Å². The van der Waals surface area contributed by atoms with Gasteiger partial charge >= 0.3 is 40.1 Å². The predicted molar refractivity (Wildman–Crippen MR) is 487 cm³/mol. The third kappa shape index (κ3) is 35.2. The van der Waals surface area contributed by atoms with Crippen molar-refractivity contribution in [2.75, 3.05) is 59.5 Å². The summed E-state index contributed by atoms with van der Waals surface area (Å²) in [7, 11) is 0. The third-order valence-electron chi connectivity index (χ3n) is 28.0. The van der Waals surface area contributed by atoms with Gasteiger partial charge in [-0.3, -0.25) is 19.2 Å². The van der Waals surface area contributed by atoms with Crippen molar-refractivity contribution >= 4 is 23.6 Å². The summed E-state index contributed by atoms with van der Waals surface area (Å²) in [5, 5.41) is 245. The number of carboxylic acids is 1. The van der Waals surface area contributed by atoms with E-state index < -0.39 is 353 Å². The van der Waals surface area contributed by atoms with Gasteiger partial charge in [0.25, 0.3) is 0 Å². The minimum absolute atomic E-state index is 0. The smallest absolute Gasteiger partial charge is 0.481 e. The molecule has 836 valence electrons. The molecule has 2 amide bonds. The number of aliphatic hydroxyl groups is 22. The average Bonchev–Trinajstić information content (AvgIpc) is 1.03. The molecule has 0 aromatic rings. The van der Waals surface area contributed by atoms with Crippen LogP contribution >= 0.6 is 0 Å². The quantitative estimate of drug-likeness (QED) is 0.0214. The summed E-state index contributed by atoms with van der Waals surface area (Å²) in [4.78, 5) is 48.7. The number of nitrogens with one attached hydrogen (secondary N) is 2. The van der Waals surface area contributed by atoms with Crippen molar-refractivity contribution in [1.29, 1.82) is 0 Å². The minimum atomic E-state index is -1.81. The van der Waals surface area contributed by atoms with Crippen LogP contribution in [-0.4, -0.2) is 458 Å². The Balaban J connectivity index is 0.000000604. The van der Waals surface area contributed by atoms with E-state index in [4.69, 9.17) is 104 Å². The fourth-order valence-corrected chi connectivity index (χ4v) is 19.7. The van der Waals surface area contributed by atoms with Crippen molar-refractivity contribution in [1.82, 2.24) is 10.6 Å². The number of hydrogen-bond acceptors (Lipinski definition) is 46. The maximum Gasteiger partial charge on any atom is 2.00 e. The van der Waals surface area contributed by atoms with Crippen LogP contribution in [0.25, 0.3) is 0 Å². The van der Waals surface area contributed by atoms with Crippen molar-refractivity contribution < 1.29 is 247 Å². The molecule has 0 bridgehead atoms. The Labute approximate surface area is 851 Å². The number of Topliss-reactive ketones (excluding diaryl/α,β-unsaturated/α-hetero) is 1. The van der Waals surface area contributed by atoms with Crippen LogP contribution < -0.4 is 33.6 Å². The van der Waals surface area contributed by atoms with E-state index in [1.807, 2.05) is 0 Å². The number of carboxylic acid groups (broad SMARTS) is 1. The molecular formula is C91H168Fe2N6O43. The number of ether oxygens (including phenoxy) is 16. The number of hydrogen-bond donors (Lipinski definition) is 29. The van der Waals surface area contributed by atoms with E-state index >= 15 is 0 Å². The Morgan fingerprint density at radius 1 is 0.296 bits per heavy atom. The van der Waals surface area contributed by atoms with Crippen molar-refractivity contribution in [2.45, 2.75) is 433 Å². The number of nitrogens with two attached hydrogens (primary N) is 4. The van der Waals surface area contributed by atoms with E-state index in [1.54, 1.807) is 0 Å². The Bertz CT molecular complexity index is 3430. The standard InChI is InChI=1S/C42H73N3O23.C27H49N3O18.C8H14O2.2C5H10.4CH3.2Fe/c1-15-28(53)34(22(12-48)62-39(15)65-36-21(11-47)60-38(59)25(43)32(36)57)66-40-19(9-18(52)8-7-17-5-3-4-6-17)29(54)35(23(13-49)63-40)68-42-27(45-16(2)51)33(58)37(24(14-50)64-42)67-41-26(44)31(56)30(55)20(10-46)61-41;1-7-16(36)21(11(5-33)44-25(7)46-22-10(4-32)42-24(41)13(28)19(22)39)48-27-15(30-8(2)35)20(40)23(12(6-34)45-27)47-26-14(29)18(38)17(37)9(3-31)43-26;9-8(10)6-5-7-3-1-2-4-7;2*1-2-4-5-3-1;;;;;;/h15,17,19-42,46-50,53-59H,3-14,43-44H2,1-2H3,(H,45,51);7,9-27,31-34,36-41H,3-6,28-29H2,1-2H3,(H,30,35);7H,1-6H2,(H,9,10);2*1-5H2;4*1H3;;/q;;;;;4*-1;2*+2/t15?,19?,20?,21?,22?,23?,24?,25?,26?,27?,28-,29-,30-,31-,32-,33-,34-,35-,36-,37-,38-,39+,40+,41+,42+;7?,9?,10?,11?,12?,13?,14?,15?,16-,17-,18-,19-,20-,21-,22-,23-,24-,25+,26+,27+;;;;;;;;;/m11........./s1. The summed E-state index contributed by atoms with van der Waals surface area (Å²) in [5.41, 5.74) is 23.7. The predicted octanol–water partition coefficient (Wildman–Crippen LogP) is -8.05. The first-order valence-electron chi connectivity index (χ1n) is 47.9. The second kappa shape index (κ2) is 65.1. The molecule has 49 nitrogen and oxygen atoms in total. The SMILES string of the molecule is C1CCCC1.C1CCCC1.CC(=O)NC1[C@H](O[C@@H]2C(CO)O[C@@H](O[C@@H]3C(CO)O[C@@H](O)C(N)[C@H]3O)C(C)[C@H]2O)OC(CO)[C@@H](O[C@@H]2OC(CO)[C@@H](O)[C@H](O)C2N)[C@@H]1O.CC(=O)NC1[C@H](O[C@@H]2C(CO)O[C@@H](O[C@@H]3C(CO)O[C@@H](O[C@@H]4C(CO)O[C@@H](O)C(N)[C@H]4O)C(C)[C@H]3O)C(CC(=O)CCC3CCCC3)[C@H]2O)OC(CO)[C@@H](O[C@@H]2OC(CO)[C@@H](O)[C@H](O)C2N)[C@@H]1O.O=C(O)CCC1CCCC1.[CH3-].[CH3-].[CH3-].[CH3-].[Fe+2].[Fe+2]. The maximum absolute atomic E-state index is 13.8. The number of carbonyl (C=O) groups is 4. The zero-order valence-corrected chi connectivity index (χ0v) is 84.4. The van der Waals surface area contributed by atoms with E-state index in [0.29, 0.717) is 18.8 Å².